The summed E-state index contributed by atoms with van der Waals surface area (Å²) in [6, 6.07) is 0. The van der Waals surface area contributed by atoms with Crippen LogP contribution in [0, 0.1) is 0 Å². The molecule has 0 aromatic carbocycles. The summed E-state index contributed by atoms with van der Waals surface area (Å²) in [4.78, 5) is 14.2. The Morgan fingerprint density at radius 3 is 1.64 bits per heavy atom. The minimum absolute atomic E-state index is 0.0903. The van der Waals surface area contributed by atoms with Crippen molar-refractivity contribution in [3.63, 3.8) is 0 Å². The summed E-state index contributed by atoms with van der Waals surface area (Å²) in [5.41, 5.74) is 0. The molecular weight excluding hydrogens is 175 g/mol. The van der Waals surface area contributed by atoms with E-state index in [0.717, 1.165) is 0 Å². The number of methoxy groups -OCH3 is 2. The van der Waals surface area contributed by atoms with Gasteiger partial charge in [0.1, 0.15) is 0 Å². The maximum Gasteiger partial charge on any atom is 0.692 e. The van der Waals surface area contributed by atoms with Crippen molar-refractivity contribution < 1.29 is 28.9 Å². The Hall–Kier alpha value is -0.100. The molecule has 0 aliphatic rings. The summed E-state index contributed by atoms with van der Waals surface area (Å²) < 4.78 is 17.9. The molecule has 0 aromatic rings. The maximum absolute atomic E-state index is 8.70. The molecule has 0 fully saturated rings. The number of rotatable bonds is 3. The van der Waals surface area contributed by atoms with Crippen LogP contribution in [0.15, 0.2) is 0 Å². The van der Waals surface area contributed by atoms with Gasteiger partial charge in [0.05, 0.1) is 6.61 Å². The molecule has 68 valence electrons. The van der Waals surface area contributed by atoms with E-state index in [4.69, 9.17) is 19.5 Å². The molecule has 6 nitrogen and oxygen atoms in total. The summed E-state index contributed by atoms with van der Waals surface area (Å²) >= 11 is 0. The van der Waals surface area contributed by atoms with Crippen LogP contribution in [0.25, 0.3) is 0 Å². The first kappa shape index (κ1) is 13.5. The van der Waals surface area contributed by atoms with Crippen molar-refractivity contribution in [2.75, 3.05) is 20.8 Å². The zero-order chi connectivity index (χ0) is 9.28. The molecule has 0 saturated heterocycles. The van der Waals surface area contributed by atoms with Crippen molar-refractivity contribution in [2.45, 2.75) is 6.29 Å². The van der Waals surface area contributed by atoms with Crippen LogP contribution in [-0.4, -0.2) is 42.0 Å². The Morgan fingerprint density at radius 2 is 1.64 bits per heavy atom. The Kier molecular flexibility index (Phi) is 12.1. The van der Waals surface area contributed by atoms with Crippen LogP contribution in [0.4, 0.5) is 0 Å². The fraction of sp³-hybridized carbons (Fsp3) is 1.00. The van der Waals surface area contributed by atoms with Gasteiger partial charge in [-0.1, -0.05) is 0 Å². The predicted molar refractivity (Wildman–Crippen MR) is 36.9 cm³/mol. The molecule has 0 atom stereocenters. The van der Waals surface area contributed by atoms with E-state index in [2.05, 4.69) is 9.47 Å². The van der Waals surface area contributed by atoms with Crippen LogP contribution in [0.2, 0.25) is 0 Å². The molecule has 0 radical (unpaired) electrons. The quantitative estimate of drug-likeness (QED) is 0.396. The van der Waals surface area contributed by atoms with Crippen LogP contribution < -0.4 is 0 Å². The molecule has 0 bridgehead atoms. The highest BCUT2D eigenvalue weighted by molar-refractivity contribution is 7.30. The number of hydrogen-bond acceptors (Lipinski definition) is 4. The molecule has 0 saturated carbocycles. The Bertz CT molecular complexity index is 83.1. The van der Waals surface area contributed by atoms with Gasteiger partial charge in [-0.05, 0) is 0 Å². The van der Waals surface area contributed by atoms with Gasteiger partial charge in [-0.3, -0.25) is 0 Å². The Morgan fingerprint density at radius 1 is 1.36 bits per heavy atom. The molecule has 3 N–H and O–H groups in total. The van der Waals surface area contributed by atoms with E-state index in [1.54, 1.807) is 0 Å². The predicted octanol–water partition coefficient (Wildman–Crippen LogP) is -0.774. The third kappa shape index (κ3) is 17.7. The molecule has 7 heteroatoms. The molecule has 0 aliphatic heterocycles. The van der Waals surface area contributed by atoms with Crippen molar-refractivity contribution in [2.24, 2.45) is 0 Å². The standard InChI is InChI=1S/C4H10O3.HO3P/c1-6-4(3-5)7-2;1-4(2)3/h4-5H,3H2,1-2H3;(H-,1,2,3)/p+1. The van der Waals surface area contributed by atoms with E-state index < -0.39 is 14.5 Å². The lowest BCUT2D eigenvalue weighted by atomic mass is 10.7. The molecule has 11 heavy (non-hydrogen) atoms. The molecule has 0 rings (SSSR count). The molecule has 0 amide bonds. The lowest BCUT2D eigenvalue weighted by Crippen LogP contribution is -2.16. The average Bonchev–Trinajstić information content (AvgIpc) is 1.90. The number of aliphatic hydroxyl groups excluding tert-OH is 1. The van der Waals surface area contributed by atoms with E-state index >= 15 is 0 Å². The smallest absolute Gasteiger partial charge is 0.391 e. The van der Waals surface area contributed by atoms with E-state index in [0.29, 0.717) is 0 Å². The second-order valence-electron chi connectivity index (χ2n) is 1.34. The second-order valence-corrected chi connectivity index (χ2v) is 1.84. The van der Waals surface area contributed by atoms with Gasteiger partial charge < -0.3 is 14.6 Å². The number of ether oxygens (including phenoxy) is 2. The highest BCUT2D eigenvalue weighted by Crippen LogP contribution is 1.98. The summed E-state index contributed by atoms with van der Waals surface area (Å²) in [6.45, 7) is -0.0903. The second kappa shape index (κ2) is 9.90. The Labute approximate surface area is 65.3 Å². The molecule has 0 heterocycles. The first-order valence-corrected chi connectivity index (χ1v) is 3.76. The van der Waals surface area contributed by atoms with E-state index in [9.17, 15) is 0 Å². The van der Waals surface area contributed by atoms with Gasteiger partial charge in [-0.2, -0.15) is 0 Å². The zero-order valence-corrected chi connectivity index (χ0v) is 7.19. The lowest BCUT2D eigenvalue weighted by molar-refractivity contribution is -0.127. The van der Waals surface area contributed by atoms with E-state index in [1.807, 2.05) is 0 Å². The number of aliphatic hydroxyl groups is 1. The van der Waals surface area contributed by atoms with Gasteiger partial charge in [-0.25, -0.2) is 0 Å². The normalized spacial score (nSPS) is 8.91. The van der Waals surface area contributed by atoms with E-state index in [-0.39, 0.29) is 6.61 Å². The van der Waals surface area contributed by atoms with Crippen LogP contribution in [0.5, 0.6) is 0 Å². The SMILES string of the molecule is COC(CO)OC.O=[P+](O)O. The largest absolute Gasteiger partial charge is 0.692 e. The maximum atomic E-state index is 8.70. The minimum Gasteiger partial charge on any atom is -0.391 e. The van der Waals surface area contributed by atoms with Gasteiger partial charge in [0.15, 0.2) is 6.29 Å². The van der Waals surface area contributed by atoms with E-state index in [1.165, 1.54) is 14.2 Å². The summed E-state index contributed by atoms with van der Waals surface area (Å²) in [6.07, 6.45) is -0.458. The van der Waals surface area contributed by atoms with Crippen molar-refractivity contribution >= 4 is 8.25 Å². The topological polar surface area (TPSA) is 96.2 Å². The van der Waals surface area contributed by atoms with Gasteiger partial charge in [0, 0.05) is 18.8 Å². The minimum atomic E-state index is -2.87. The van der Waals surface area contributed by atoms with Gasteiger partial charge in [0.2, 0.25) is 0 Å². The van der Waals surface area contributed by atoms with Crippen LogP contribution in [0.1, 0.15) is 0 Å². The fourth-order valence-electron chi connectivity index (χ4n) is 0.245. The Balaban J connectivity index is 0. The molecule has 0 aromatic heterocycles. The van der Waals surface area contributed by atoms with Crippen molar-refractivity contribution in [1.29, 1.82) is 0 Å². The first-order valence-electron chi connectivity index (χ1n) is 2.59. The summed E-state index contributed by atoms with van der Waals surface area (Å²) in [5.74, 6) is 0. The molecular formula is C4H12O6P+. The molecule has 0 aliphatic carbocycles. The highest BCUT2D eigenvalue weighted by atomic mass is 31.1. The van der Waals surface area contributed by atoms with Crippen molar-refractivity contribution in [3.05, 3.63) is 0 Å². The summed E-state index contributed by atoms with van der Waals surface area (Å²) in [7, 11) is 0.0828. The van der Waals surface area contributed by atoms with Gasteiger partial charge >= 0.3 is 8.25 Å². The monoisotopic (exact) mass is 187 g/mol. The van der Waals surface area contributed by atoms with Crippen LogP contribution in [0.3, 0.4) is 0 Å². The van der Waals surface area contributed by atoms with Crippen LogP contribution >= 0.6 is 8.25 Å². The third-order valence-corrected chi connectivity index (χ3v) is 0.675. The van der Waals surface area contributed by atoms with Crippen molar-refractivity contribution in [1.82, 2.24) is 0 Å². The third-order valence-electron chi connectivity index (χ3n) is 0.675. The first-order chi connectivity index (χ1) is 5.08. The van der Waals surface area contributed by atoms with Crippen LogP contribution in [-0.2, 0) is 14.0 Å². The van der Waals surface area contributed by atoms with Gasteiger partial charge in [-0.15, -0.1) is 9.79 Å². The molecule has 0 unspecified atom stereocenters. The average molecular weight is 187 g/mol. The number of hydrogen-bond donors (Lipinski definition) is 3. The molecule has 0 spiro atoms. The zero-order valence-electron chi connectivity index (χ0n) is 6.30. The van der Waals surface area contributed by atoms with Crippen molar-refractivity contribution in [3.8, 4) is 0 Å². The summed E-state index contributed by atoms with van der Waals surface area (Å²) in [5, 5.41) is 8.28. The lowest BCUT2D eigenvalue weighted by Gasteiger charge is -2.07. The van der Waals surface area contributed by atoms with Gasteiger partial charge in [0.25, 0.3) is 0 Å². The fourth-order valence-corrected chi connectivity index (χ4v) is 0.245. The highest BCUT2D eigenvalue weighted by Gasteiger charge is 1.98.